The number of methoxy groups -OCH3 is 1. The third-order valence-electron chi connectivity index (χ3n) is 4.57. The van der Waals surface area contributed by atoms with E-state index < -0.39 is 0 Å². The molecule has 2 rings (SSSR count). The lowest BCUT2D eigenvalue weighted by Crippen LogP contribution is -2.53. The van der Waals surface area contributed by atoms with Gasteiger partial charge in [-0.1, -0.05) is 13.8 Å². The van der Waals surface area contributed by atoms with E-state index in [4.69, 9.17) is 4.74 Å². The van der Waals surface area contributed by atoms with Crippen LogP contribution in [0.1, 0.15) is 53.4 Å². The van der Waals surface area contributed by atoms with E-state index in [0.29, 0.717) is 11.6 Å². The molecule has 2 aliphatic rings. The molecule has 1 N–H and O–H groups in total. The third-order valence-corrected chi connectivity index (χ3v) is 4.57. The normalized spacial score (nSPS) is 28.6. The average Bonchev–Trinajstić information content (AvgIpc) is 2.44. The van der Waals surface area contributed by atoms with Gasteiger partial charge in [-0.05, 0) is 58.5 Å². The minimum Gasteiger partial charge on any atom is -0.381 e. The fourth-order valence-corrected chi connectivity index (χ4v) is 3.31. The van der Waals surface area contributed by atoms with E-state index in [1.165, 1.54) is 51.9 Å². The summed E-state index contributed by atoms with van der Waals surface area (Å²) in [7, 11) is 1.85. The fourth-order valence-electron chi connectivity index (χ4n) is 3.31. The molecule has 0 aromatic rings. The van der Waals surface area contributed by atoms with Crippen molar-refractivity contribution >= 4 is 0 Å². The van der Waals surface area contributed by atoms with Crippen molar-refractivity contribution in [2.24, 2.45) is 5.92 Å². The van der Waals surface area contributed by atoms with Crippen LogP contribution in [0.5, 0.6) is 0 Å². The maximum absolute atomic E-state index is 5.53. The molecule has 0 radical (unpaired) electrons. The zero-order chi connectivity index (χ0) is 14.3. The van der Waals surface area contributed by atoms with Crippen LogP contribution < -0.4 is 5.32 Å². The van der Waals surface area contributed by atoms with Crippen LogP contribution in [0, 0.1) is 5.92 Å². The van der Waals surface area contributed by atoms with Crippen molar-refractivity contribution in [3.05, 3.63) is 0 Å². The summed E-state index contributed by atoms with van der Waals surface area (Å²) in [5.41, 5.74) is 0.309. The van der Waals surface area contributed by atoms with Crippen LogP contribution in [0.15, 0.2) is 0 Å². The van der Waals surface area contributed by atoms with Crippen molar-refractivity contribution in [1.29, 1.82) is 0 Å². The van der Waals surface area contributed by atoms with Crippen molar-refractivity contribution in [2.45, 2.75) is 65.0 Å². The summed E-state index contributed by atoms with van der Waals surface area (Å²) in [6.07, 6.45) is 5.54. The lowest BCUT2D eigenvalue weighted by Gasteiger charge is -2.47. The van der Waals surface area contributed by atoms with Crippen molar-refractivity contribution in [3.63, 3.8) is 0 Å². The van der Waals surface area contributed by atoms with E-state index in [-0.39, 0.29) is 0 Å². The van der Waals surface area contributed by atoms with Crippen LogP contribution in [0.2, 0.25) is 0 Å². The van der Waals surface area contributed by atoms with E-state index in [0.717, 1.165) is 5.92 Å². The Morgan fingerprint density at radius 3 is 2.32 bits per heavy atom. The smallest absolute Gasteiger partial charge is 0.0601 e. The highest BCUT2D eigenvalue weighted by Crippen LogP contribution is 2.30. The highest BCUT2D eigenvalue weighted by atomic mass is 16.5. The van der Waals surface area contributed by atoms with E-state index >= 15 is 0 Å². The van der Waals surface area contributed by atoms with E-state index in [1.807, 2.05) is 21.0 Å². The van der Waals surface area contributed by atoms with Gasteiger partial charge in [-0.2, -0.15) is 0 Å². The molecule has 2 aliphatic heterocycles. The molecule has 2 saturated heterocycles. The predicted octanol–water partition coefficient (Wildman–Crippen LogP) is 2.90. The Bertz CT molecular complexity index is 237. The first-order valence-corrected chi connectivity index (χ1v) is 8.10. The lowest BCUT2D eigenvalue weighted by molar-refractivity contribution is -0.0318. The number of hydrogen-bond acceptors (Lipinski definition) is 3. The molecule has 0 aromatic carbocycles. The SMILES string of the molecule is CC.COC1CCN(CC2CCNCC2)C(C)(C)C1. The van der Waals surface area contributed by atoms with E-state index in [9.17, 15) is 0 Å². The first kappa shape index (κ1) is 16.9. The van der Waals surface area contributed by atoms with Gasteiger partial charge in [-0.15, -0.1) is 0 Å². The number of hydrogen-bond donors (Lipinski definition) is 1. The average molecular weight is 270 g/mol. The summed E-state index contributed by atoms with van der Waals surface area (Å²) in [5, 5.41) is 3.45. The van der Waals surface area contributed by atoms with Crippen LogP contribution >= 0.6 is 0 Å². The Balaban J connectivity index is 0.000000861. The summed E-state index contributed by atoms with van der Waals surface area (Å²) in [6.45, 7) is 13.7. The summed E-state index contributed by atoms with van der Waals surface area (Å²) < 4.78 is 5.53. The zero-order valence-corrected chi connectivity index (χ0v) is 13.7. The zero-order valence-electron chi connectivity index (χ0n) is 13.7. The van der Waals surface area contributed by atoms with Crippen LogP contribution in [0.3, 0.4) is 0 Å². The van der Waals surface area contributed by atoms with E-state index in [1.54, 1.807) is 0 Å². The lowest BCUT2D eigenvalue weighted by atomic mass is 9.86. The molecule has 0 spiro atoms. The molecule has 1 atom stereocenters. The Morgan fingerprint density at radius 1 is 1.16 bits per heavy atom. The standard InChI is InChI=1S/C14H28N2O.C2H6/c1-14(2)10-13(17-3)6-9-16(14)11-12-4-7-15-8-5-12;1-2/h12-13,15H,4-11H2,1-3H3;1-2H3. The number of nitrogens with one attached hydrogen (secondary N) is 1. The maximum atomic E-state index is 5.53. The molecule has 3 heteroatoms. The molecule has 2 fully saturated rings. The van der Waals surface area contributed by atoms with Gasteiger partial charge in [0.1, 0.15) is 0 Å². The molecule has 0 aromatic heterocycles. The number of piperidine rings is 2. The van der Waals surface area contributed by atoms with Crippen LogP contribution in [0.4, 0.5) is 0 Å². The van der Waals surface area contributed by atoms with Gasteiger partial charge in [0.2, 0.25) is 0 Å². The van der Waals surface area contributed by atoms with Crippen molar-refractivity contribution in [1.82, 2.24) is 10.2 Å². The topological polar surface area (TPSA) is 24.5 Å². The molecule has 19 heavy (non-hydrogen) atoms. The largest absolute Gasteiger partial charge is 0.381 e. The number of nitrogens with zero attached hydrogens (tertiary/aromatic N) is 1. The van der Waals surface area contributed by atoms with E-state index in [2.05, 4.69) is 24.1 Å². The minimum atomic E-state index is 0.309. The number of ether oxygens (including phenoxy) is 1. The molecule has 0 amide bonds. The van der Waals surface area contributed by atoms with Gasteiger partial charge in [0, 0.05) is 25.7 Å². The molecular weight excluding hydrogens is 236 g/mol. The summed E-state index contributed by atoms with van der Waals surface area (Å²) >= 11 is 0. The second-order valence-corrected chi connectivity index (χ2v) is 6.30. The van der Waals surface area contributed by atoms with Crippen molar-refractivity contribution in [2.75, 3.05) is 33.3 Å². The predicted molar refractivity (Wildman–Crippen MR) is 82.6 cm³/mol. The van der Waals surface area contributed by atoms with Crippen LogP contribution in [-0.2, 0) is 4.74 Å². The van der Waals surface area contributed by atoms with Gasteiger partial charge >= 0.3 is 0 Å². The third kappa shape index (κ3) is 5.05. The Morgan fingerprint density at radius 2 is 1.79 bits per heavy atom. The first-order valence-electron chi connectivity index (χ1n) is 8.10. The van der Waals surface area contributed by atoms with Crippen LogP contribution in [0.25, 0.3) is 0 Å². The number of rotatable bonds is 3. The quantitative estimate of drug-likeness (QED) is 0.853. The number of likely N-dealkylation sites (tertiary alicyclic amines) is 1. The molecule has 0 bridgehead atoms. The minimum absolute atomic E-state index is 0.309. The van der Waals surface area contributed by atoms with Gasteiger partial charge in [-0.25, -0.2) is 0 Å². The maximum Gasteiger partial charge on any atom is 0.0601 e. The van der Waals surface area contributed by atoms with Gasteiger partial charge in [-0.3, -0.25) is 4.90 Å². The van der Waals surface area contributed by atoms with Crippen LogP contribution in [-0.4, -0.2) is 49.8 Å². The molecule has 0 saturated carbocycles. The summed E-state index contributed by atoms with van der Waals surface area (Å²) in [4.78, 5) is 2.69. The first-order chi connectivity index (χ1) is 9.12. The molecule has 1 unspecified atom stereocenters. The Hall–Kier alpha value is -0.120. The van der Waals surface area contributed by atoms with Gasteiger partial charge in [0.05, 0.1) is 6.10 Å². The molecular formula is C16H34N2O. The van der Waals surface area contributed by atoms with Gasteiger partial charge in [0.25, 0.3) is 0 Å². The Labute approximate surface area is 120 Å². The van der Waals surface area contributed by atoms with Crippen molar-refractivity contribution < 1.29 is 4.74 Å². The second-order valence-electron chi connectivity index (χ2n) is 6.30. The second kappa shape index (κ2) is 8.23. The summed E-state index contributed by atoms with van der Waals surface area (Å²) in [6, 6.07) is 0. The molecule has 2 heterocycles. The molecule has 114 valence electrons. The monoisotopic (exact) mass is 270 g/mol. The highest BCUT2D eigenvalue weighted by Gasteiger charge is 2.35. The van der Waals surface area contributed by atoms with Crippen molar-refractivity contribution in [3.8, 4) is 0 Å². The Kier molecular flexibility index (Phi) is 7.33. The van der Waals surface area contributed by atoms with Gasteiger partial charge in [0.15, 0.2) is 0 Å². The van der Waals surface area contributed by atoms with Gasteiger partial charge < -0.3 is 10.1 Å². The molecule has 3 nitrogen and oxygen atoms in total. The summed E-state index contributed by atoms with van der Waals surface area (Å²) in [5.74, 6) is 0.898. The fraction of sp³-hybridized carbons (Fsp3) is 1.00. The highest BCUT2D eigenvalue weighted by molar-refractivity contribution is 4.91. The molecule has 0 aliphatic carbocycles.